The molecule has 14 nitrogen and oxygen atoms in total. The molecule has 4 aliphatic heterocycles. The van der Waals surface area contributed by atoms with E-state index in [1.54, 1.807) is 12.1 Å². The van der Waals surface area contributed by atoms with Crippen LogP contribution >= 0.6 is 0 Å². The van der Waals surface area contributed by atoms with E-state index in [1.807, 2.05) is 39.8 Å². The monoisotopic (exact) mass is 721 g/mol. The zero-order valence-electron chi connectivity index (χ0n) is 29.8. The molecule has 1 aromatic rings. The molecule has 286 valence electrons. The number of allylic oxidation sites excluding steroid dienone is 4. The van der Waals surface area contributed by atoms with Gasteiger partial charge in [-0.05, 0) is 96.1 Å². The molecule has 12 atom stereocenters. The Kier molecular flexibility index (Phi) is 13.7. The second-order valence-corrected chi connectivity index (χ2v) is 14.6. The highest BCUT2D eigenvalue weighted by molar-refractivity contribution is 5.90. The Labute approximate surface area is 298 Å². The van der Waals surface area contributed by atoms with E-state index in [0.29, 0.717) is 53.8 Å². The van der Waals surface area contributed by atoms with Crippen LogP contribution in [0.2, 0.25) is 0 Å². The first-order chi connectivity index (χ1) is 24.3. The van der Waals surface area contributed by atoms with Crippen LogP contribution in [0.1, 0.15) is 68.4 Å². The number of carbonyl (C=O) groups is 1. The van der Waals surface area contributed by atoms with Crippen LogP contribution in [0.4, 0.5) is 0 Å². The molecule has 0 aromatic heterocycles. The number of carbonyl (C=O) groups excluding carboxylic acids is 1. The summed E-state index contributed by atoms with van der Waals surface area (Å²) in [6.45, 7) is 8.86. The SMILES string of the molecule is CC(C)=CCc1cc(C(=O)OCC2CCN3CCCC23)cc(CC=C(C)C)c1OC1OC(CO)C(OC2OC(CO)C(O)C(O)C2O)C(O)C1O. The highest BCUT2D eigenvalue weighted by Crippen LogP contribution is 2.36. The van der Waals surface area contributed by atoms with Crippen LogP contribution in [0.3, 0.4) is 0 Å². The van der Waals surface area contributed by atoms with Crippen molar-refractivity contribution >= 4 is 5.97 Å². The van der Waals surface area contributed by atoms with Gasteiger partial charge < -0.3 is 59.4 Å². The van der Waals surface area contributed by atoms with Crippen molar-refractivity contribution in [3.05, 3.63) is 52.1 Å². The number of hydrogen-bond acceptors (Lipinski definition) is 14. The maximum atomic E-state index is 13.5. The van der Waals surface area contributed by atoms with Crippen LogP contribution in [0.5, 0.6) is 5.75 Å². The maximum Gasteiger partial charge on any atom is 0.338 e. The first kappa shape index (κ1) is 39.7. The van der Waals surface area contributed by atoms with Crippen molar-refractivity contribution in [3.8, 4) is 5.75 Å². The summed E-state index contributed by atoms with van der Waals surface area (Å²) in [5, 5.41) is 73.1. The Balaban J connectivity index is 1.39. The Morgan fingerprint density at radius 2 is 1.41 bits per heavy atom. The van der Waals surface area contributed by atoms with Gasteiger partial charge in [0.15, 0.2) is 6.29 Å². The van der Waals surface area contributed by atoms with Crippen LogP contribution in [-0.4, -0.2) is 147 Å². The topological polar surface area (TPSA) is 208 Å². The molecular weight excluding hydrogens is 666 g/mol. The summed E-state index contributed by atoms with van der Waals surface area (Å²) >= 11 is 0. The first-order valence-electron chi connectivity index (χ1n) is 17.9. The Morgan fingerprint density at radius 3 is 2.02 bits per heavy atom. The average molecular weight is 722 g/mol. The summed E-state index contributed by atoms with van der Waals surface area (Å²) in [4.78, 5) is 16.0. The highest BCUT2D eigenvalue weighted by atomic mass is 16.7. The predicted molar refractivity (Wildman–Crippen MR) is 183 cm³/mol. The summed E-state index contributed by atoms with van der Waals surface area (Å²) in [5.74, 6) is 0.201. The van der Waals surface area contributed by atoms with Gasteiger partial charge in [0.1, 0.15) is 54.6 Å². The van der Waals surface area contributed by atoms with Crippen molar-refractivity contribution in [2.45, 2.75) is 127 Å². The summed E-state index contributed by atoms with van der Waals surface area (Å²) in [6, 6.07) is 3.87. The lowest BCUT2D eigenvalue weighted by Crippen LogP contribution is -2.65. The lowest BCUT2D eigenvalue weighted by Gasteiger charge is -2.46. The van der Waals surface area contributed by atoms with Gasteiger partial charge in [-0.2, -0.15) is 0 Å². The molecule has 4 heterocycles. The zero-order valence-corrected chi connectivity index (χ0v) is 29.8. The first-order valence-corrected chi connectivity index (χ1v) is 17.9. The smallest absolute Gasteiger partial charge is 0.338 e. The summed E-state index contributed by atoms with van der Waals surface area (Å²) in [5.41, 5.74) is 3.66. The molecule has 0 radical (unpaired) electrons. The van der Waals surface area contributed by atoms with E-state index in [2.05, 4.69) is 4.90 Å². The molecule has 4 aliphatic rings. The van der Waals surface area contributed by atoms with Gasteiger partial charge in [-0.3, -0.25) is 4.90 Å². The summed E-state index contributed by atoms with van der Waals surface area (Å²) in [7, 11) is 0. The molecular formula is C37H55NO13. The molecule has 5 rings (SSSR count). The highest BCUT2D eigenvalue weighted by Gasteiger charge is 2.51. The molecule has 0 spiro atoms. The zero-order chi connectivity index (χ0) is 37.0. The average Bonchev–Trinajstić information content (AvgIpc) is 3.73. The Hall–Kier alpha value is -2.47. The number of ether oxygens (including phenoxy) is 5. The van der Waals surface area contributed by atoms with Crippen molar-refractivity contribution in [2.24, 2.45) is 5.92 Å². The number of rotatable bonds is 13. The van der Waals surface area contributed by atoms with E-state index in [0.717, 1.165) is 37.1 Å². The Bertz CT molecular complexity index is 1350. The lowest BCUT2D eigenvalue weighted by atomic mass is 9.96. The van der Waals surface area contributed by atoms with Gasteiger partial charge in [0.2, 0.25) is 6.29 Å². The number of nitrogens with zero attached hydrogens (tertiary/aromatic N) is 1. The fourth-order valence-corrected chi connectivity index (χ4v) is 7.37. The third-order valence-corrected chi connectivity index (χ3v) is 10.3. The molecule has 12 unspecified atom stereocenters. The third-order valence-electron chi connectivity index (χ3n) is 10.3. The number of fused-ring (bicyclic) bond motifs is 1. The number of esters is 1. The summed E-state index contributed by atoms with van der Waals surface area (Å²) < 4.78 is 29.3. The van der Waals surface area contributed by atoms with Crippen LogP contribution in [-0.2, 0) is 31.8 Å². The number of aliphatic hydroxyl groups is 7. The van der Waals surface area contributed by atoms with Crippen LogP contribution < -0.4 is 4.74 Å². The lowest BCUT2D eigenvalue weighted by molar-refractivity contribution is -0.352. The van der Waals surface area contributed by atoms with Crippen LogP contribution in [0, 0.1) is 5.92 Å². The van der Waals surface area contributed by atoms with E-state index < -0.39 is 80.6 Å². The maximum absolute atomic E-state index is 13.5. The molecule has 4 saturated heterocycles. The largest absolute Gasteiger partial charge is 0.462 e. The van der Waals surface area contributed by atoms with Crippen molar-refractivity contribution in [1.82, 2.24) is 4.90 Å². The van der Waals surface area contributed by atoms with Crippen LogP contribution in [0.25, 0.3) is 0 Å². The van der Waals surface area contributed by atoms with E-state index in [-0.39, 0.29) is 0 Å². The minimum absolute atomic E-state index is 0.304. The van der Waals surface area contributed by atoms with Crippen molar-refractivity contribution in [3.63, 3.8) is 0 Å². The normalized spacial score (nSPS) is 35.3. The van der Waals surface area contributed by atoms with Crippen LogP contribution in [0.15, 0.2) is 35.4 Å². The van der Waals surface area contributed by atoms with E-state index >= 15 is 0 Å². The van der Waals surface area contributed by atoms with Gasteiger partial charge in [-0.25, -0.2) is 4.79 Å². The third kappa shape index (κ3) is 9.19. The van der Waals surface area contributed by atoms with Gasteiger partial charge >= 0.3 is 5.97 Å². The molecule has 0 bridgehead atoms. The fraction of sp³-hybridized carbons (Fsp3) is 0.703. The number of aliphatic hydroxyl groups excluding tert-OH is 7. The minimum atomic E-state index is -1.78. The number of hydrogen-bond donors (Lipinski definition) is 7. The molecule has 14 heteroatoms. The number of benzene rings is 1. The molecule has 51 heavy (non-hydrogen) atoms. The molecule has 1 aromatic carbocycles. The van der Waals surface area contributed by atoms with Gasteiger partial charge in [0.05, 0.1) is 25.4 Å². The second-order valence-electron chi connectivity index (χ2n) is 14.6. The van der Waals surface area contributed by atoms with E-state index in [1.165, 1.54) is 6.42 Å². The molecule has 7 N–H and O–H groups in total. The standard InChI is InChI=1S/C37H55NO13/c1-19(2)7-9-21-14-24(35(46)47-18-23-11-13-38-12-5-6-25(23)38)15-22(10-8-20(3)4)33(21)50-37-32(45)30(43)34(27(17-40)49-37)51-36-31(44)29(42)28(41)26(16-39)48-36/h7-8,14-15,23,25-32,34,36-37,39-45H,5-6,9-13,16-18H2,1-4H3. The molecule has 4 fully saturated rings. The quantitative estimate of drug-likeness (QED) is 0.108. The van der Waals surface area contributed by atoms with Crippen molar-refractivity contribution in [2.75, 3.05) is 32.9 Å². The summed E-state index contributed by atoms with van der Waals surface area (Å²) in [6.07, 6.45) is -7.85. The van der Waals surface area contributed by atoms with Gasteiger partial charge in [-0.15, -0.1) is 0 Å². The molecule has 0 aliphatic carbocycles. The second kappa shape index (κ2) is 17.6. The fourth-order valence-electron chi connectivity index (χ4n) is 7.37. The van der Waals surface area contributed by atoms with Gasteiger partial charge in [0.25, 0.3) is 0 Å². The van der Waals surface area contributed by atoms with E-state index in [4.69, 9.17) is 23.7 Å². The van der Waals surface area contributed by atoms with Crippen molar-refractivity contribution < 1.29 is 64.2 Å². The van der Waals surface area contributed by atoms with Gasteiger partial charge in [-0.1, -0.05) is 23.3 Å². The van der Waals surface area contributed by atoms with E-state index in [9.17, 15) is 40.5 Å². The Morgan fingerprint density at radius 1 is 0.804 bits per heavy atom. The minimum Gasteiger partial charge on any atom is -0.462 e. The molecule has 0 amide bonds. The predicted octanol–water partition coefficient (Wildman–Crippen LogP) is 0.348. The van der Waals surface area contributed by atoms with Crippen molar-refractivity contribution in [1.29, 1.82) is 0 Å². The molecule has 0 saturated carbocycles. The van der Waals surface area contributed by atoms with Gasteiger partial charge in [0, 0.05) is 12.0 Å².